The van der Waals surface area contributed by atoms with Crippen LogP contribution in [0.3, 0.4) is 0 Å². The molecule has 0 radical (unpaired) electrons. The SMILES string of the molecule is N=NC(=O)Nc1ccc(C(=O)O)c2ccccc12. The van der Waals surface area contributed by atoms with Gasteiger partial charge in [-0.15, -0.1) is 0 Å². The minimum absolute atomic E-state index is 0.159. The first-order chi connectivity index (χ1) is 8.63. The molecule has 6 nitrogen and oxygen atoms in total. The molecule has 2 amide bonds. The molecule has 2 rings (SSSR count). The lowest BCUT2D eigenvalue weighted by atomic mass is 10.0. The van der Waals surface area contributed by atoms with E-state index in [0.29, 0.717) is 16.5 Å². The average Bonchev–Trinajstić information content (AvgIpc) is 2.38. The third-order valence-electron chi connectivity index (χ3n) is 2.50. The number of carboxylic acid groups (broad SMARTS) is 1. The van der Waals surface area contributed by atoms with Crippen molar-refractivity contribution in [2.24, 2.45) is 5.11 Å². The van der Waals surface area contributed by atoms with Crippen molar-refractivity contribution in [1.82, 2.24) is 0 Å². The van der Waals surface area contributed by atoms with E-state index in [1.54, 1.807) is 24.3 Å². The fraction of sp³-hybridized carbons (Fsp3) is 0. The van der Waals surface area contributed by atoms with Gasteiger partial charge >= 0.3 is 12.0 Å². The van der Waals surface area contributed by atoms with Gasteiger partial charge in [-0.1, -0.05) is 29.4 Å². The summed E-state index contributed by atoms with van der Waals surface area (Å²) < 4.78 is 0. The summed E-state index contributed by atoms with van der Waals surface area (Å²) >= 11 is 0. The number of hydrogen-bond donors (Lipinski definition) is 3. The van der Waals surface area contributed by atoms with Crippen LogP contribution in [0.1, 0.15) is 10.4 Å². The predicted molar refractivity (Wildman–Crippen MR) is 65.1 cm³/mol. The molecular weight excluding hydrogens is 234 g/mol. The summed E-state index contributed by atoms with van der Waals surface area (Å²) in [5.74, 6) is -1.03. The van der Waals surface area contributed by atoms with Gasteiger partial charge in [0.15, 0.2) is 0 Å². The molecule has 0 aliphatic heterocycles. The molecule has 0 saturated carbocycles. The summed E-state index contributed by atoms with van der Waals surface area (Å²) in [7, 11) is 0. The number of fused-ring (bicyclic) bond motifs is 1. The Hall–Kier alpha value is -2.76. The summed E-state index contributed by atoms with van der Waals surface area (Å²) in [6, 6.07) is 8.90. The normalized spacial score (nSPS) is 10.0. The summed E-state index contributed by atoms with van der Waals surface area (Å²) in [5.41, 5.74) is 7.18. The lowest BCUT2D eigenvalue weighted by Crippen LogP contribution is -2.06. The number of rotatable bonds is 2. The van der Waals surface area contributed by atoms with E-state index in [-0.39, 0.29) is 5.56 Å². The predicted octanol–water partition coefficient (Wildman–Crippen LogP) is 3.10. The van der Waals surface area contributed by atoms with Gasteiger partial charge in [-0.25, -0.2) is 9.59 Å². The molecule has 0 heterocycles. The van der Waals surface area contributed by atoms with Gasteiger partial charge in [0.05, 0.1) is 11.3 Å². The van der Waals surface area contributed by atoms with Gasteiger partial charge in [0.1, 0.15) is 0 Å². The largest absolute Gasteiger partial charge is 0.478 e. The number of hydrogen-bond acceptors (Lipinski definition) is 3. The molecule has 3 N–H and O–H groups in total. The summed E-state index contributed by atoms with van der Waals surface area (Å²) in [4.78, 5) is 22.1. The third kappa shape index (κ3) is 2.03. The monoisotopic (exact) mass is 243 g/mol. The Kier molecular flexibility index (Phi) is 3.01. The molecule has 0 fully saturated rings. The third-order valence-corrected chi connectivity index (χ3v) is 2.50. The maximum absolute atomic E-state index is 11.1. The Bertz CT molecular complexity index is 652. The molecule has 90 valence electrons. The van der Waals surface area contributed by atoms with Crippen molar-refractivity contribution < 1.29 is 14.7 Å². The Labute approximate surface area is 102 Å². The Balaban J connectivity index is 2.64. The number of carbonyl (C=O) groups excluding carboxylic acids is 1. The van der Waals surface area contributed by atoms with Crippen LogP contribution in [0.4, 0.5) is 10.5 Å². The van der Waals surface area contributed by atoms with Crippen LogP contribution in [0.2, 0.25) is 0 Å². The summed E-state index contributed by atoms with van der Waals surface area (Å²) in [5, 5.41) is 15.3. The van der Waals surface area contributed by atoms with Crippen LogP contribution >= 0.6 is 0 Å². The zero-order valence-corrected chi connectivity index (χ0v) is 9.18. The van der Waals surface area contributed by atoms with Gasteiger partial charge < -0.3 is 10.4 Å². The van der Waals surface area contributed by atoms with Gasteiger partial charge in [-0.2, -0.15) is 5.53 Å². The van der Waals surface area contributed by atoms with Crippen molar-refractivity contribution in [3.05, 3.63) is 42.0 Å². The minimum Gasteiger partial charge on any atom is -0.478 e. The molecule has 2 aromatic rings. The van der Waals surface area contributed by atoms with Crippen LogP contribution in [0.25, 0.3) is 10.8 Å². The zero-order chi connectivity index (χ0) is 13.1. The van der Waals surface area contributed by atoms with Crippen LogP contribution in [0.15, 0.2) is 41.5 Å². The van der Waals surface area contributed by atoms with Gasteiger partial charge in [0, 0.05) is 5.39 Å². The number of carboxylic acids is 1. The van der Waals surface area contributed by atoms with Crippen LogP contribution < -0.4 is 5.32 Å². The first kappa shape index (κ1) is 11.7. The first-order valence-electron chi connectivity index (χ1n) is 5.07. The Morgan fingerprint density at radius 3 is 2.39 bits per heavy atom. The second kappa shape index (κ2) is 4.62. The number of nitrogens with zero attached hydrogens (tertiary/aromatic N) is 1. The molecule has 6 heteroatoms. The molecule has 0 bridgehead atoms. The minimum atomic E-state index is -1.03. The van der Waals surface area contributed by atoms with E-state index < -0.39 is 12.0 Å². The second-order valence-corrected chi connectivity index (χ2v) is 3.55. The van der Waals surface area contributed by atoms with E-state index in [1.807, 2.05) is 0 Å². The van der Waals surface area contributed by atoms with Crippen molar-refractivity contribution in [1.29, 1.82) is 5.53 Å². The van der Waals surface area contributed by atoms with E-state index in [1.165, 1.54) is 12.1 Å². The molecular formula is C12H9N3O3. The van der Waals surface area contributed by atoms with Crippen molar-refractivity contribution in [3.63, 3.8) is 0 Å². The van der Waals surface area contributed by atoms with E-state index in [4.69, 9.17) is 10.6 Å². The topological polar surface area (TPSA) is 103 Å². The van der Waals surface area contributed by atoms with E-state index >= 15 is 0 Å². The number of aromatic carboxylic acids is 1. The van der Waals surface area contributed by atoms with Gasteiger partial charge in [0.25, 0.3) is 0 Å². The van der Waals surface area contributed by atoms with Crippen LogP contribution in [-0.4, -0.2) is 17.1 Å². The fourth-order valence-corrected chi connectivity index (χ4v) is 1.74. The zero-order valence-electron chi connectivity index (χ0n) is 9.18. The van der Waals surface area contributed by atoms with Crippen LogP contribution in [-0.2, 0) is 0 Å². The van der Waals surface area contributed by atoms with E-state index in [0.717, 1.165) is 0 Å². The number of benzene rings is 2. The highest BCUT2D eigenvalue weighted by Crippen LogP contribution is 2.26. The maximum Gasteiger partial charge on any atom is 0.363 e. The lowest BCUT2D eigenvalue weighted by Gasteiger charge is -2.08. The quantitative estimate of drug-likeness (QED) is 0.706. The van der Waals surface area contributed by atoms with Gasteiger partial charge in [-0.3, -0.25) is 0 Å². The molecule has 0 spiro atoms. The van der Waals surface area contributed by atoms with Gasteiger partial charge in [-0.05, 0) is 17.5 Å². The second-order valence-electron chi connectivity index (χ2n) is 3.55. The highest BCUT2D eigenvalue weighted by Gasteiger charge is 2.11. The maximum atomic E-state index is 11.1. The Morgan fingerprint density at radius 2 is 1.78 bits per heavy atom. The molecule has 0 unspecified atom stereocenters. The molecule has 0 saturated heterocycles. The molecule has 0 atom stereocenters. The van der Waals surface area contributed by atoms with E-state index in [2.05, 4.69) is 10.4 Å². The Morgan fingerprint density at radius 1 is 1.11 bits per heavy atom. The summed E-state index contributed by atoms with van der Waals surface area (Å²) in [6.45, 7) is 0. The van der Waals surface area contributed by atoms with E-state index in [9.17, 15) is 9.59 Å². The molecule has 0 aromatic heterocycles. The van der Waals surface area contributed by atoms with Crippen molar-refractivity contribution in [2.45, 2.75) is 0 Å². The summed E-state index contributed by atoms with van der Waals surface area (Å²) in [6.07, 6.45) is 0. The molecule has 0 aliphatic rings. The average molecular weight is 243 g/mol. The standard InChI is InChI=1S/C12H9N3O3/c13-15-12(18)14-10-6-5-9(11(16)17)7-3-1-2-4-8(7)10/h1-6,13H,(H,14,18)(H,16,17). The number of amides is 2. The molecule has 0 aliphatic carbocycles. The number of carbonyl (C=O) groups is 2. The smallest absolute Gasteiger partial charge is 0.363 e. The van der Waals surface area contributed by atoms with Crippen molar-refractivity contribution >= 4 is 28.5 Å². The highest BCUT2D eigenvalue weighted by atomic mass is 16.4. The van der Waals surface area contributed by atoms with Crippen molar-refractivity contribution in [2.75, 3.05) is 5.32 Å². The van der Waals surface area contributed by atoms with Gasteiger partial charge in [0.2, 0.25) is 0 Å². The number of anilines is 1. The molecule has 18 heavy (non-hydrogen) atoms. The van der Waals surface area contributed by atoms with Crippen molar-refractivity contribution in [3.8, 4) is 0 Å². The van der Waals surface area contributed by atoms with Crippen LogP contribution in [0.5, 0.6) is 0 Å². The number of urea groups is 1. The first-order valence-corrected chi connectivity index (χ1v) is 5.07. The lowest BCUT2D eigenvalue weighted by molar-refractivity contribution is 0.0699. The fourth-order valence-electron chi connectivity index (χ4n) is 1.74. The molecule has 2 aromatic carbocycles. The highest BCUT2D eigenvalue weighted by molar-refractivity contribution is 6.10. The van der Waals surface area contributed by atoms with Crippen LogP contribution in [0, 0.1) is 5.53 Å². The number of nitrogens with one attached hydrogen (secondary N) is 2.